The van der Waals surface area contributed by atoms with Crippen LogP contribution in [0.4, 0.5) is 4.39 Å². The Morgan fingerprint density at radius 2 is 2.06 bits per heavy atom. The van der Waals surface area contributed by atoms with Gasteiger partial charge in [0.1, 0.15) is 10.7 Å². The molecule has 17 heavy (non-hydrogen) atoms. The van der Waals surface area contributed by atoms with Crippen LogP contribution >= 0.6 is 15.9 Å². The molecule has 0 radical (unpaired) electrons. The third-order valence-corrected chi connectivity index (χ3v) is 4.90. The second-order valence-corrected chi connectivity index (χ2v) is 6.33. The minimum absolute atomic E-state index is 0.0333. The lowest BCUT2D eigenvalue weighted by Crippen LogP contribution is -2.30. The van der Waals surface area contributed by atoms with Crippen molar-refractivity contribution in [3.05, 3.63) is 28.0 Å². The molecule has 1 heterocycles. The topological polar surface area (TPSA) is 54.5 Å². The van der Waals surface area contributed by atoms with Gasteiger partial charge in [0.25, 0.3) is 15.9 Å². The van der Waals surface area contributed by atoms with E-state index in [4.69, 9.17) is 0 Å². The van der Waals surface area contributed by atoms with Crippen LogP contribution in [0.2, 0.25) is 0 Å². The number of amides is 1. The average molecular weight is 322 g/mol. The number of benzene rings is 1. The van der Waals surface area contributed by atoms with Crippen molar-refractivity contribution < 1.29 is 17.6 Å². The van der Waals surface area contributed by atoms with E-state index in [1.807, 2.05) is 0 Å². The van der Waals surface area contributed by atoms with Crippen molar-refractivity contribution in [2.45, 2.75) is 18.2 Å². The lowest BCUT2D eigenvalue weighted by molar-refractivity contribution is 0.0870. The number of halogens is 2. The van der Waals surface area contributed by atoms with Crippen LogP contribution in [0.3, 0.4) is 0 Å². The SMILES string of the molecule is CCCN1C(=O)c2cc(F)c(Br)cc2S1(=O)=O. The Bertz CT molecular complexity index is 600. The number of hydrogen-bond donors (Lipinski definition) is 0. The van der Waals surface area contributed by atoms with Gasteiger partial charge in [0, 0.05) is 6.54 Å². The summed E-state index contributed by atoms with van der Waals surface area (Å²) in [5.41, 5.74) is -0.0980. The maximum atomic E-state index is 13.3. The summed E-state index contributed by atoms with van der Waals surface area (Å²) >= 11 is 2.91. The molecule has 0 saturated carbocycles. The van der Waals surface area contributed by atoms with Crippen LogP contribution in [0, 0.1) is 5.82 Å². The van der Waals surface area contributed by atoms with Crippen molar-refractivity contribution in [3.8, 4) is 0 Å². The van der Waals surface area contributed by atoms with Gasteiger partial charge in [-0.25, -0.2) is 17.1 Å². The third kappa shape index (κ3) is 1.77. The van der Waals surface area contributed by atoms with Crippen LogP contribution in [-0.4, -0.2) is 25.2 Å². The number of hydrogen-bond acceptors (Lipinski definition) is 3. The predicted octanol–water partition coefficient (Wildman–Crippen LogP) is 2.14. The molecule has 1 amide bonds. The Balaban J connectivity index is 2.67. The van der Waals surface area contributed by atoms with Gasteiger partial charge in [0.15, 0.2) is 0 Å². The van der Waals surface area contributed by atoms with Gasteiger partial charge < -0.3 is 0 Å². The lowest BCUT2D eigenvalue weighted by Gasteiger charge is -2.12. The van der Waals surface area contributed by atoms with E-state index < -0.39 is 21.7 Å². The summed E-state index contributed by atoms with van der Waals surface area (Å²) in [6.45, 7) is 1.87. The highest BCUT2D eigenvalue weighted by Crippen LogP contribution is 2.33. The number of sulfonamides is 1. The first-order valence-corrected chi connectivity index (χ1v) is 7.19. The van der Waals surface area contributed by atoms with Gasteiger partial charge in [-0.15, -0.1) is 0 Å². The highest BCUT2D eigenvalue weighted by atomic mass is 79.9. The molecule has 0 bridgehead atoms. The Kier molecular flexibility index (Phi) is 2.99. The number of rotatable bonds is 2. The van der Waals surface area contributed by atoms with E-state index in [2.05, 4.69) is 15.9 Å². The Morgan fingerprint density at radius 1 is 1.41 bits per heavy atom. The Hall–Kier alpha value is -0.950. The molecule has 0 aromatic heterocycles. The zero-order chi connectivity index (χ0) is 12.8. The normalized spacial score (nSPS) is 17.4. The highest BCUT2D eigenvalue weighted by Gasteiger charge is 2.41. The molecule has 7 heteroatoms. The van der Waals surface area contributed by atoms with E-state index in [-0.39, 0.29) is 21.5 Å². The molecule has 1 aromatic rings. The summed E-state index contributed by atoms with van der Waals surface area (Å²) in [6.07, 6.45) is 0.516. The number of fused-ring (bicyclic) bond motifs is 1. The second kappa shape index (κ2) is 4.06. The minimum atomic E-state index is -3.81. The molecule has 0 saturated heterocycles. The van der Waals surface area contributed by atoms with Crippen molar-refractivity contribution in [3.63, 3.8) is 0 Å². The maximum Gasteiger partial charge on any atom is 0.269 e. The fraction of sp³-hybridized carbons (Fsp3) is 0.300. The first-order chi connectivity index (χ1) is 7.89. The molecule has 1 aliphatic heterocycles. The van der Waals surface area contributed by atoms with Crippen LogP contribution in [0.15, 0.2) is 21.5 Å². The van der Waals surface area contributed by atoms with Crippen molar-refractivity contribution in [1.82, 2.24) is 4.31 Å². The molecular weight excluding hydrogens is 313 g/mol. The van der Waals surface area contributed by atoms with Gasteiger partial charge in [-0.1, -0.05) is 6.92 Å². The van der Waals surface area contributed by atoms with Crippen LogP contribution in [0.25, 0.3) is 0 Å². The van der Waals surface area contributed by atoms with Crippen molar-refractivity contribution in [2.75, 3.05) is 6.54 Å². The quantitative estimate of drug-likeness (QED) is 0.838. The second-order valence-electron chi connectivity index (χ2n) is 3.64. The zero-order valence-corrected chi connectivity index (χ0v) is 11.3. The molecule has 0 unspecified atom stereocenters. The summed E-state index contributed by atoms with van der Waals surface area (Å²) in [5, 5.41) is 0. The average Bonchev–Trinajstić information content (AvgIpc) is 2.42. The summed E-state index contributed by atoms with van der Waals surface area (Å²) in [5.74, 6) is -1.31. The molecule has 92 valence electrons. The van der Waals surface area contributed by atoms with Crippen molar-refractivity contribution in [1.29, 1.82) is 0 Å². The van der Waals surface area contributed by atoms with Gasteiger partial charge in [-0.05, 0) is 34.5 Å². The van der Waals surface area contributed by atoms with Crippen LogP contribution in [0.1, 0.15) is 23.7 Å². The van der Waals surface area contributed by atoms with Gasteiger partial charge in [0.05, 0.1) is 10.0 Å². The predicted molar refractivity (Wildman–Crippen MR) is 62.6 cm³/mol. The van der Waals surface area contributed by atoms with E-state index in [1.165, 1.54) is 0 Å². The smallest absolute Gasteiger partial charge is 0.268 e. The Labute approximate surface area is 107 Å². The first kappa shape index (κ1) is 12.5. The molecule has 1 aliphatic rings. The van der Waals surface area contributed by atoms with Gasteiger partial charge in [0.2, 0.25) is 0 Å². The van der Waals surface area contributed by atoms with Crippen LogP contribution in [0.5, 0.6) is 0 Å². The number of nitrogens with zero attached hydrogens (tertiary/aromatic N) is 1. The monoisotopic (exact) mass is 321 g/mol. The molecular formula is C10H9BrFNO3S. The molecule has 4 nitrogen and oxygen atoms in total. The standard InChI is InChI=1S/C10H9BrFNO3S/c1-2-3-13-10(14)6-4-8(12)7(11)5-9(6)17(13,15)16/h4-5H,2-3H2,1H3. The first-order valence-electron chi connectivity index (χ1n) is 4.95. The zero-order valence-electron chi connectivity index (χ0n) is 8.91. The Morgan fingerprint density at radius 3 is 2.65 bits per heavy atom. The van der Waals surface area contributed by atoms with E-state index in [1.54, 1.807) is 6.92 Å². The van der Waals surface area contributed by atoms with Crippen LogP contribution < -0.4 is 0 Å². The largest absolute Gasteiger partial charge is 0.269 e. The van der Waals surface area contributed by atoms with Crippen molar-refractivity contribution >= 4 is 31.9 Å². The fourth-order valence-corrected chi connectivity index (χ4v) is 3.86. The van der Waals surface area contributed by atoms with E-state index in [0.717, 1.165) is 16.4 Å². The molecule has 0 aliphatic carbocycles. The number of carbonyl (C=O) groups excluding carboxylic acids is 1. The fourth-order valence-electron chi connectivity index (χ4n) is 1.70. The summed E-state index contributed by atoms with van der Waals surface area (Å²) in [7, 11) is -3.81. The molecule has 0 N–H and O–H groups in total. The highest BCUT2D eigenvalue weighted by molar-refractivity contribution is 9.10. The van der Waals surface area contributed by atoms with Gasteiger partial charge >= 0.3 is 0 Å². The minimum Gasteiger partial charge on any atom is -0.268 e. The third-order valence-electron chi connectivity index (χ3n) is 2.47. The lowest BCUT2D eigenvalue weighted by atomic mass is 10.2. The summed E-state index contributed by atoms with van der Waals surface area (Å²) in [4.78, 5) is 11.7. The summed E-state index contributed by atoms with van der Waals surface area (Å²) < 4.78 is 38.1. The van der Waals surface area contributed by atoms with E-state index in [0.29, 0.717) is 6.42 Å². The molecule has 0 atom stereocenters. The van der Waals surface area contributed by atoms with Crippen LogP contribution in [-0.2, 0) is 10.0 Å². The van der Waals surface area contributed by atoms with E-state index in [9.17, 15) is 17.6 Å². The van der Waals surface area contributed by atoms with Gasteiger partial charge in [-0.3, -0.25) is 4.79 Å². The summed E-state index contributed by atoms with van der Waals surface area (Å²) in [6, 6.07) is 2.09. The van der Waals surface area contributed by atoms with Crippen molar-refractivity contribution in [2.24, 2.45) is 0 Å². The van der Waals surface area contributed by atoms with Gasteiger partial charge in [-0.2, -0.15) is 0 Å². The maximum absolute atomic E-state index is 13.3. The van der Waals surface area contributed by atoms with E-state index >= 15 is 0 Å². The molecule has 1 aromatic carbocycles. The molecule has 0 fully saturated rings. The molecule has 2 rings (SSSR count). The molecule has 0 spiro atoms. The number of carbonyl (C=O) groups is 1.